The molecule has 7 nitrogen and oxygen atoms in total. The number of ether oxygens (including phenoxy) is 1. The molecule has 0 aliphatic rings. The van der Waals surface area contributed by atoms with Crippen molar-refractivity contribution in [3.63, 3.8) is 0 Å². The van der Waals surface area contributed by atoms with E-state index < -0.39 is 5.97 Å². The number of hydrogen-bond donors (Lipinski definition) is 2. The SMILES string of the molecule is CCOc1ccc(NN=C(C#N)C#N)cc1C(=O)O. The highest BCUT2D eigenvalue weighted by Crippen LogP contribution is 2.23. The summed E-state index contributed by atoms with van der Waals surface area (Å²) in [5, 5.41) is 29.6. The Labute approximate surface area is 109 Å². The summed E-state index contributed by atoms with van der Waals surface area (Å²) in [6.45, 7) is 2.09. The molecule has 1 aromatic rings. The molecule has 96 valence electrons. The molecule has 0 atom stereocenters. The molecule has 0 amide bonds. The fourth-order valence-corrected chi connectivity index (χ4v) is 1.24. The average Bonchev–Trinajstić information content (AvgIpc) is 2.41. The molecule has 0 heterocycles. The zero-order valence-corrected chi connectivity index (χ0v) is 10.0. The van der Waals surface area contributed by atoms with Gasteiger partial charge < -0.3 is 9.84 Å². The molecule has 0 bridgehead atoms. The first-order valence-corrected chi connectivity index (χ1v) is 5.26. The Kier molecular flexibility index (Phi) is 4.88. The van der Waals surface area contributed by atoms with Crippen molar-refractivity contribution >= 4 is 17.4 Å². The third-order valence-electron chi connectivity index (χ3n) is 2.02. The summed E-state index contributed by atoms with van der Waals surface area (Å²) in [5.41, 5.74) is 2.39. The molecule has 0 saturated heterocycles. The molecule has 0 saturated carbocycles. The van der Waals surface area contributed by atoms with Crippen LogP contribution in [-0.4, -0.2) is 23.4 Å². The van der Waals surface area contributed by atoms with Crippen LogP contribution in [0, 0.1) is 22.7 Å². The second-order valence-corrected chi connectivity index (χ2v) is 3.24. The minimum Gasteiger partial charge on any atom is -0.493 e. The molecule has 7 heteroatoms. The number of benzene rings is 1. The van der Waals surface area contributed by atoms with E-state index in [4.69, 9.17) is 20.4 Å². The third kappa shape index (κ3) is 3.72. The van der Waals surface area contributed by atoms with Gasteiger partial charge in [-0.05, 0) is 25.1 Å². The molecular formula is C12H10N4O3. The smallest absolute Gasteiger partial charge is 0.339 e. The highest BCUT2D eigenvalue weighted by atomic mass is 16.5. The second kappa shape index (κ2) is 6.62. The van der Waals surface area contributed by atoms with Gasteiger partial charge in [0.05, 0.1) is 12.3 Å². The van der Waals surface area contributed by atoms with Crippen LogP contribution in [0.15, 0.2) is 23.3 Å². The summed E-state index contributed by atoms with van der Waals surface area (Å²) in [4.78, 5) is 11.1. The highest BCUT2D eigenvalue weighted by molar-refractivity contribution is 6.10. The number of nitrogens with zero attached hydrogens (tertiary/aromatic N) is 3. The van der Waals surface area contributed by atoms with Gasteiger partial charge in [-0.1, -0.05) is 0 Å². The number of carboxylic acids is 1. The minimum atomic E-state index is -1.14. The van der Waals surface area contributed by atoms with Gasteiger partial charge in [-0.15, -0.1) is 0 Å². The van der Waals surface area contributed by atoms with Crippen molar-refractivity contribution in [1.82, 2.24) is 0 Å². The van der Waals surface area contributed by atoms with Crippen molar-refractivity contribution < 1.29 is 14.6 Å². The van der Waals surface area contributed by atoms with Gasteiger partial charge in [0.1, 0.15) is 23.5 Å². The summed E-state index contributed by atoms with van der Waals surface area (Å²) in [6.07, 6.45) is 0. The van der Waals surface area contributed by atoms with Crippen molar-refractivity contribution in [3.8, 4) is 17.9 Å². The lowest BCUT2D eigenvalue weighted by Gasteiger charge is -2.08. The van der Waals surface area contributed by atoms with Crippen molar-refractivity contribution in [2.45, 2.75) is 6.92 Å². The Morgan fingerprint density at radius 3 is 2.68 bits per heavy atom. The Balaban J connectivity index is 3.04. The lowest BCUT2D eigenvalue weighted by Crippen LogP contribution is -2.04. The van der Waals surface area contributed by atoms with E-state index >= 15 is 0 Å². The summed E-state index contributed by atoms with van der Waals surface area (Å²) in [5.74, 6) is -0.901. The molecule has 0 radical (unpaired) electrons. The Hall–Kier alpha value is -3.06. The van der Waals surface area contributed by atoms with Crippen molar-refractivity contribution in [2.75, 3.05) is 12.0 Å². The van der Waals surface area contributed by atoms with Crippen molar-refractivity contribution in [2.24, 2.45) is 5.10 Å². The molecule has 0 aromatic heterocycles. The van der Waals surface area contributed by atoms with Crippen LogP contribution < -0.4 is 10.2 Å². The number of hydrogen-bond acceptors (Lipinski definition) is 6. The predicted molar refractivity (Wildman–Crippen MR) is 66.9 cm³/mol. The predicted octanol–water partition coefficient (Wildman–Crippen LogP) is 1.60. The van der Waals surface area contributed by atoms with Crippen LogP contribution in [0.25, 0.3) is 0 Å². The first kappa shape index (κ1) is 14.0. The number of nitrogens with one attached hydrogen (secondary N) is 1. The van der Waals surface area contributed by atoms with Crippen LogP contribution in [0.2, 0.25) is 0 Å². The number of rotatable bonds is 5. The van der Waals surface area contributed by atoms with Crippen LogP contribution in [0.3, 0.4) is 0 Å². The largest absolute Gasteiger partial charge is 0.493 e. The number of carbonyl (C=O) groups is 1. The van der Waals surface area contributed by atoms with E-state index in [0.717, 1.165) is 0 Å². The number of nitriles is 2. The highest BCUT2D eigenvalue weighted by Gasteiger charge is 2.12. The van der Waals surface area contributed by atoms with Crippen LogP contribution in [-0.2, 0) is 0 Å². The molecule has 1 rings (SSSR count). The van der Waals surface area contributed by atoms with Gasteiger partial charge in [0, 0.05) is 0 Å². The summed E-state index contributed by atoms with van der Waals surface area (Å²) < 4.78 is 5.17. The Morgan fingerprint density at radius 2 is 2.16 bits per heavy atom. The fraction of sp³-hybridized carbons (Fsp3) is 0.167. The Bertz CT molecular complexity index is 580. The number of anilines is 1. The second-order valence-electron chi connectivity index (χ2n) is 3.24. The molecule has 0 spiro atoms. The van der Waals surface area contributed by atoms with Gasteiger partial charge in [-0.2, -0.15) is 15.6 Å². The number of hydrazone groups is 1. The van der Waals surface area contributed by atoms with Crippen LogP contribution in [0.4, 0.5) is 5.69 Å². The molecule has 1 aromatic carbocycles. The maximum atomic E-state index is 11.1. The van der Waals surface area contributed by atoms with E-state index in [1.807, 2.05) is 0 Å². The topological polar surface area (TPSA) is 118 Å². The summed E-state index contributed by atoms with van der Waals surface area (Å²) in [6, 6.07) is 7.47. The van der Waals surface area contributed by atoms with Gasteiger partial charge in [-0.3, -0.25) is 5.43 Å². The monoisotopic (exact) mass is 258 g/mol. The lowest BCUT2D eigenvalue weighted by molar-refractivity contribution is 0.0692. The molecule has 19 heavy (non-hydrogen) atoms. The third-order valence-corrected chi connectivity index (χ3v) is 2.02. The standard InChI is InChI=1S/C12H10N4O3/c1-2-19-11-4-3-8(5-10(11)12(17)18)15-16-9(6-13)7-14/h3-5,15H,2H2,1H3,(H,17,18). The summed E-state index contributed by atoms with van der Waals surface area (Å²) in [7, 11) is 0. The van der Waals surface area contributed by atoms with Gasteiger partial charge in [-0.25, -0.2) is 4.79 Å². The maximum absolute atomic E-state index is 11.1. The van der Waals surface area contributed by atoms with Gasteiger partial charge in [0.15, 0.2) is 0 Å². The molecule has 0 aliphatic heterocycles. The van der Waals surface area contributed by atoms with Crippen LogP contribution >= 0.6 is 0 Å². The zero-order valence-electron chi connectivity index (χ0n) is 10.0. The quantitative estimate of drug-likeness (QED) is 0.611. The summed E-state index contributed by atoms with van der Waals surface area (Å²) >= 11 is 0. The first-order valence-electron chi connectivity index (χ1n) is 5.26. The first-order chi connectivity index (χ1) is 9.12. The van der Waals surface area contributed by atoms with Crippen molar-refractivity contribution in [1.29, 1.82) is 10.5 Å². The van der Waals surface area contributed by atoms with E-state index in [0.29, 0.717) is 12.3 Å². The van der Waals surface area contributed by atoms with Gasteiger partial charge >= 0.3 is 5.97 Å². The van der Waals surface area contributed by atoms with E-state index in [-0.39, 0.29) is 17.0 Å². The molecule has 0 fully saturated rings. The minimum absolute atomic E-state index is 0.0301. The lowest BCUT2D eigenvalue weighted by atomic mass is 10.2. The fourth-order valence-electron chi connectivity index (χ4n) is 1.24. The molecule has 0 aliphatic carbocycles. The maximum Gasteiger partial charge on any atom is 0.339 e. The van der Waals surface area contributed by atoms with Gasteiger partial charge in [0.2, 0.25) is 5.71 Å². The van der Waals surface area contributed by atoms with Crippen LogP contribution in [0.5, 0.6) is 5.75 Å². The average molecular weight is 258 g/mol. The van der Waals surface area contributed by atoms with E-state index in [9.17, 15) is 4.79 Å². The van der Waals surface area contributed by atoms with Crippen LogP contribution in [0.1, 0.15) is 17.3 Å². The van der Waals surface area contributed by atoms with E-state index in [1.165, 1.54) is 18.2 Å². The number of carboxylic acid groups (broad SMARTS) is 1. The van der Waals surface area contributed by atoms with E-state index in [2.05, 4.69) is 10.5 Å². The molecule has 0 unspecified atom stereocenters. The molecule has 2 N–H and O–H groups in total. The zero-order chi connectivity index (χ0) is 14.3. The van der Waals surface area contributed by atoms with Gasteiger partial charge in [0.25, 0.3) is 0 Å². The normalized spacial score (nSPS) is 8.79. The van der Waals surface area contributed by atoms with Crippen molar-refractivity contribution in [3.05, 3.63) is 23.8 Å². The van der Waals surface area contributed by atoms with E-state index in [1.54, 1.807) is 19.1 Å². The Morgan fingerprint density at radius 1 is 1.47 bits per heavy atom. The molecular weight excluding hydrogens is 248 g/mol. The number of aromatic carboxylic acids is 1.